The third-order valence-corrected chi connectivity index (χ3v) is 9.79. The number of furan rings is 2. The predicted octanol–water partition coefficient (Wildman–Crippen LogP) is 11.2. The van der Waals surface area contributed by atoms with Crippen molar-refractivity contribution in [1.82, 2.24) is 10.6 Å². The van der Waals surface area contributed by atoms with E-state index in [9.17, 15) is 0 Å². The van der Waals surface area contributed by atoms with E-state index in [0.717, 1.165) is 88.7 Å². The van der Waals surface area contributed by atoms with Crippen molar-refractivity contribution < 1.29 is 8.83 Å². The number of benzene rings is 7. The molecule has 1 aliphatic rings. The Morgan fingerprint density at radius 2 is 1.12 bits per heavy atom. The van der Waals surface area contributed by atoms with Gasteiger partial charge >= 0.3 is 0 Å². The number of nitrogens with zero attached hydrogens (tertiary/aromatic N) is 1. The van der Waals surface area contributed by atoms with E-state index in [1.165, 1.54) is 0 Å². The quantitative estimate of drug-likeness (QED) is 0.195. The van der Waals surface area contributed by atoms with Crippen molar-refractivity contribution in [3.8, 4) is 22.3 Å². The summed E-state index contributed by atoms with van der Waals surface area (Å²) in [5.74, 6) is 0.842. The molecule has 0 radical (unpaired) electrons. The molecule has 238 valence electrons. The Hall–Kier alpha value is -6.43. The largest absolute Gasteiger partial charge is 0.456 e. The van der Waals surface area contributed by atoms with E-state index in [2.05, 4.69) is 132 Å². The molecule has 10 rings (SSSR count). The Kier molecular flexibility index (Phi) is 6.64. The summed E-state index contributed by atoms with van der Waals surface area (Å²) >= 11 is 0. The number of fused-ring (bicyclic) bond motifs is 6. The second-order valence-corrected chi connectivity index (χ2v) is 12.7. The van der Waals surface area contributed by atoms with Crippen molar-refractivity contribution in [1.29, 1.82) is 0 Å². The Labute approximate surface area is 288 Å². The van der Waals surface area contributed by atoms with Gasteiger partial charge in [-0.3, -0.25) is 5.32 Å². The van der Waals surface area contributed by atoms with Crippen LogP contribution in [0.2, 0.25) is 0 Å². The second-order valence-electron chi connectivity index (χ2n) is 12.7. The highest BCUT2D eigenvalue weighted by Gasteiger charge is 2.29. The summed E-state index contributed by atoms with van der Waals surface area (Å²) in [6.07, 6.45) is -0.504. The fourth-order valence-electron chi connectivity index (χ4n) is 7.50. The van der Waals surface area contributed by atoms with Gasteiger partial charge in [-0.25, -0.2) is 4.99 Å². The van der Waals surface area contributed by atoms with Crippen LogP contribution in [0.25, 0.3) is 66.1 Å². The van der Waals surface area contributed by atoms with Crippen LogP contribution in [0.4, 0.5) is 0 Å². The molecule has 0 saturated carbocycles. The van der Waals surface area contributed by atoms with Crippen molar-refractivity contribution in [3.05, 3.63) is 180 Å². The maximum Gasteiger partial charge on any atom is 0.143 e. The number of amidine groups is 1. The van der Waals surface area contributed by atoms with Gasteiger partial charge in [-0.1, -0.05) is 152 Å². The third kappa shape index (κ3) is 4.63. The molecule has 2 aromatic heterocycles. The molecule has 7 aromatic carbocycles. The van der Waals surface area contributed by atoms with E-state index in [-0.39, 0.29) is 12.3 Å². The van der Waals surface area contributed by atoms with Crippen LogP contribution in [0.15, 0.2) is 178 Å². The van der Waals surface area contributed by atoms with Crippen LogP contribution in [0.1, 0.15) is 29.0 Å². The molecule has 0 amide bonds. The summed E-state index contributed by atoms with van der Waals surface area (Å²) in [7, 11) is 0. The number of rotatable bonds is 5. The molecule has 0 fully saturated rings. The Morgan fingerprint density at radius 3 is 1.94 bits per heavy atom. The van der Waals surface area contributed by atoms with Crippen LogP contribution >= 0.6 is 0 Å². The normalized spacial score (nSPS) is 16.2. The molecular formula is C45H31N3O2. The zero-order valence-corrected chi connectivity index (χ0v) is 27.0. The van der Waals surface area contributed by atoms with Crippen LogP contribution in [-0.4, -0.2) is 5.84 Å². The monoisotopic (exact) mass is 645 g/mol. The fraction of sp³-hybridized carbons (Fsp3) is 0.0444. The van der Waals surface area contributed by atoms with Crippen molar-refractivity contribution in [3.63, 3.8) is 0 Å². The van der Waals surface area contributed by atoms with E-state index in [1.807, 2.05) is 42.5 Å². The minimum atomic E-state index is -0.352. The van der Waals surface area contributed by atoms with Crippen LogP contribution in [-0.2, 0) is 0 Å². The molecule has 2 unspecified atom stereocenters. The van der Waals surface area contributed by atoms with Crippen LogP contribution < -0.4 is 10.6 Å². The molecular weight excluding hydrogens is 615 g/mol. The third-order valence-electron chi connectivity index (χ3n) is 9.79. The highest BCUT2D eigenvalue weighted by molar-refractivity contribution is 6.18. The summed E-state index contributed by atoms with van der Waals surface area (Å²) in [4.78, 5) is 5.31. The lowest BCUT2D eigenvalue weighted by atomic mass is 9.93. The average Bonchev–Trinajstić information content (AvgIpc) is 3.77. The molecule has 2 atom stereocenters. The number of aliphatic imine (C=N–C) groups is 1. The second kappa shape index (κ2) is 11.6. The first-order valence-electron chi connectivity index (χ1n) is 16.9. The zero-order chi connectivity index (χ0) is 33.0. The minimum Gasteiger partial charge on any atom is -0.456 e. The molecule has 9 aromatic rings. The van der Waals surface area contributed by atoms with Crippen molar-refractivity contribution in [2.24, 2.45) is 4.99 Å². The topological polar surface area (TPSA) is 62.7 Å². The van der Waals surface area contributed by atoms with Gasteiger partial charge in [-0.2, -0.15) is 0 Å². The molecule has 0 spiro atoms. The molecule has 0 aliphatic carbocycles. The van der Waals surface area contributed by atoms with Gasteiger partial charge in [-0.15, -0.1) is 0 Å². The lowest BCUT2D eigenvalue weighted by Gasteiger charge is -2.33. The highest BCUT2D eigenvalue weighted by atomic mass is 16.3. The minimum absolute atomic E-state index is 0.152. The number of nitrogens with one attached hydrogen (secondary N) is 2. The van der Waals surface area contributed by atoms with Crippen molar-refractivity contribution in [2.75, 3.05) is 0 Å². The van der Waals surface area contributed by atoms with Gasteiger partial charge in [0.2, 0.25) is 0 Å². The average molecular weight is 646 g/mol. The lowest BCUT2D eigenvalue weighted by Crippen LogP contribution is -2.45. The van der Waals surface area contributed by atoms with Gasteiger partial charge in [0.05, 0.1) is 0 Å². The first-order valence-corrected chi connectivity index (χ1v) is 16.9. The Morgan fingerprint density at radius 1 is 0.480 bits per heavy atom. The molecule has 0 saturated heterocycles. The zero-order valence-electron chi connectivity index (χ0n) is 27.0. The first-order chi connectivity index (χ1) is 24.8. The van der Waals surface area contributed by atoms with Crippen LogP contribution in [0.5, 0.6) is 0 Å². The maximum atomic E-state index is 7.09. The standard InChI is InChI=1S/C45H31N3O2/c1-4-14-28(15-5-1)39-36(45-47-43(29-16-6-2-7-17-29)46-44(48-45)30-18-8-3-9-19-30)27-26-34-33-23-12-22-32(41(33)50-42(34)39)31-21-13-25-38-40(31)35-20-10-11-24-37(35)49-38/h1-27,43,45,47H,(H,46,48). The number of para-hydroxylation sites is 2. The SMILES string of the molecule is c1ccc(C2=NC(c3ccc4c(oc5c(-c6cccc7oc8ccccc8c67)cccc54)c3-c3ccccc3)NC(c3ccccc3)N2)cc1. The first kappa shape index (κ1) is 28.6. The van der Waals surface area contributed by atoms with E-state index in [4.69, 9.17) is 13.8 Å². The molecule has 1 aliphatic heterocycles. The molecule has 3 heterocycles. The molecule has 5 nitrogen and oxygen atoms in total. The number of hydrogen-bond donors (Lipinski definition) is 2. The van der Waals surface area contributed by atoms with E-state index >= 15 is 0 Å². The predicted molar refractivity (Wildman–Crippen MR) is 203 cm³/mol. The summed E-state index contributed by atoms with van der Waals surface area (Å²) in [5.41, 5.74) is 10.9. The molecule has 50 heavy (non-hydrogen) atoms. The Bertz CT molecular complexity index is 2710. The van der Waals surface area contributed by atoms with Crippen molar-refractivity contribution >= 4 is 49.7 Å². The van der Waals surface area contributed by atoms with Gasteiger partial charge in [0.15, 0.2) is 0 Å². The summed E-state index contributed by atoms with van der Waals surface area (Å²) in [5, 5.41) is 11.8. The number of hydrogen-bond acceptors (Lipinski definition) is 5. The highest BCUT2D eigenvalue weighted by Crippen LogP contribution is 2.45. The van der Waals surface area contributed by atoms with Gasteiger partial charge in [0.1, 0.15) is 40.5 Å². The maximum absolute atomic E-state index is 7.09. The van der Waals surface area contributed by atoms with Crippen molar-refractivity contribution in [2.45, 2.75) is 12.3 Å². The molecule has 5 heteroatoms. The molecule has 2 N–H and O–H groups in total. The van der Waals surface area contributed by atoms with Gasteiger partial charge in [0.25, 0.3) is 0 Å². The van der Waals surface area contributed by atoms with Gasteiger partial charge in [-0.05, 0) is 28.8 Å². The lowest BCUT2D eigenvalue weighted by molar-refractivity contribution is 0.409. The fourth-order valence-corrected chi connectivity index (χ4v) is 7.50. The van der Waals surface area contributed by atoms with E-state index in [0.29, 0.717) is 0 Å². The van der Waals surface area contributed by atoms with E-state index < -0.39 is 0 Å². The van der Waals surface area contributed by atoms with Crippen LogP contribution in [0, 0.1) is 0 Å². The van der Waals surface area contributed by atoms with E-state index in [1.54, 1.807) is 0 Å². The molecule has 0 bridgehead atoms. The van der Waals surface area contributed by atoms with Gasteiger partial charge < -0.3 is 14.2 Å². The summed E-state index contributed by atoms with van der Waals surface area (Å²) in [6.45, 7) is 0. The smallest absolute Gasteiger partial charge is 0.143 e. The van der Waals surface area contributed by atoms with Gasteiger partial charge in [0, 0.05) is 43.8 Å². The Balaban J connectivity index is 1.21. The van der Waals surface area contributed by atoms with Crippen LogP contribution in [0.3, 0.4) is 0 Å². The summed E-state index contributed by atoms with van der Waals surface area (Å²) < 4.78 is 13.4. The summed E-state index contributed by atoms with van der Waals surface area (Å²) in [6, 6.07) is 56.7.